The van der Waals surface area contributed by atoms with Crippen molar-refractivity contribution in [3.63, 3.8) is 0 Å². The molecule has 2 N–H and O–H groups in total. The van der Waals surface area contributed by atoms with E-state index >= 15 is 0 Å². The van der Waals surface area contributed by atoms with E-state index in [4.69, 9.17) is 10.5 Å². The molecular formula is C12H14FNO2. The van der Waals surface area contributed by atoms with Crippen LogP contribution in [0.4, 0.5) is 4.39 Å². The summed E-state index contributed by atoms with van der Waals surface area (Å²) in [4.78, 5) is 12.1. The molecule has 1 saturated carbocycles. The van der Waals surface area contributed by atoms with Gasteiger partial charge in [-0.05, 0) is 37.5 Å². The highest BCUT2D eigenvalue weighted by atomic mass is 19.1. The number of ketones is 1. The molecule has 0 spiro atoms. The molecule has 0 amide bonds. The van der Waals surface area contributed by atoms with Crippen molar-refractivity contribution in [2.75, 3.05) is 7.11 Å². The highest BCUT2D eigenvalue weighted by molar-refractivity contribution is 6.05. The predicted molar refractivity (Wildman–Crippen MR) is 58.1 cm³/mol. The minimum Gasteiger partial charge on any atom is -0.496 e. The first kappa shape index (κ1) is 11.1. The number of methoxy groups -OCH3 is 1. The van der Waals surface area contributed by atoms with Crippen molar-refractivity contribution in [1.82, 2.24) is 0 Å². The quantitative estimate of drug-likeness (QED) is 0.796. The zero-order chi connectivity index (χ0) is 11.8. The standard InChI is InChI=1S/C12H14FNO2/c1-16-10-4-3-8(13)7-9(10)11(15)12(14)5-2-6-12/h3-4,7H,2,5-6,14H2,1H3. The number of hydrogen-bond acceptors (Lipinski definition) is 3. The smallest absolute Gasteiger partial charge is 0.186 e. The third-order valence-electron chi connectivity index (χ3n) is 3.10. The Morgan fingerprint density at radius 2 is 2.19 bits per heavy atom. The molecule has 4 heteroatoms. The molecule has 0 aromatic heterocycles. The zero-order valence-corrected chi connectivity index (χ0v) is 9.13. The molecule has 1 aromatic rings. The zero-order valence-electron chi connectivity index (χ0n) is 9.13. The maximum Gasteiger partial charge on any atom is 0.186 e. The lowest BCUT2D eigenvalue weighted by Gasteiger charge is -2.36. The van der Waals surface area contributed by atoms with E-state index < -0.39 is 11.4 Å². The third-order valence-corrected chi connectivity index (χ3v) is 3.10. The highest BCUT2D eigenvalue weighted by Gasteiger charge is 2.41. The second-order valence-corrected chi connectivity index (χ2v) is 4.18. The lowest BCUT2D eigenvalue weighted by Crippen LogP contribution is -2.53. The number of ether oxygens (including phenoxy) is 1. The maximum atomic E-state index is 13.1. The topological polar surface area (TPSA) is 52.3 Å². The van der Waals surface area contributed by atoms with Gasteiger partial charge in [0.05, 0.1) is 18.2 Å². The number of carbonyl (C=O) groups is 1. The fourth-order valence-corrected chi connectivity index (χ4v) is 1.91. The van der Waals surface area contributed by atoms with Gasteiger partial charge in [-0.25, -0.2) is 4.39 Å². The van der Waals surface area contributed by atoms with E-state index in [1.165, 1.54) is 25.3 Å². The molecule has 3 nitrogen and oxygen atoms in total. The van der Waals surface area contributed by atoms with Crippen LogP contribution in [-0.4, -0.2) is 18.4 Å². The lowest BCUT2D eigenvalue weighted by atomic mass is 9.72. The summed E-state index contributed by atoms with van der Waals surface area (Å²) in [5.41, 5.74) is 5.35. The molecule has 1 aliphatic rings. The Morgan fingerprint density at radius 1 is 1.50 bits per heavy atom. The SMILES string of the molecule is COc1ccc(F)cc1C(=O)C1(N)CCC1. The Bertz CT molecular complexity index is 427. The van der Waals surface area contributed by atoms with Gasteiger partial charge in [0.15, 0.2) is 5.78 Å². The van der Waals surface area contributed by atoms with E-state index in [1.807, 2.05) is 0 Å². The number of carbonyl (C=O) groups excluding carboxylic acids is 1. The van der Waals surface area contributed by atoms with Crippen molar-refractivity contribution in [2.24, 2.45) is 5.73 Å². The van der Waals surface area contributed by atoms with E-state index in [0.717, 1.165) is 6.42 Å². The minimum atomic E-state index is -0.818. The van der Waals surface area contributed by atoms with Crippen LogP contribution in [0.3, 0.4) is 0 Å². The van der Waals surface area contributed by atoms with Gasteiger partial charge >= 0.3 is 0 Å². The molecule has 0 atom stereocenters. The van der Waals surface area contributed by atoms with Crippen LogP contribution in [0.1, 0.15) is 29.6 Å². The number of benzene rings is 1. The van der Waals surface area contributed by atoms with E-state index in [2.05, 4.69) is 0 Å². The van der Waals surface area contributed by atoms with Crippen molar-refractivity contribution in [3.05, 3.63) is 29.6 Å². The van der Waals surface area contributed by atoms with Crippen LogP contribution in [0.5, 0.6) is 5.75 Å². The van der Waals surface area contributed by atoms with E-state index in [1.54, 1.807) is 0 Å². The van der Waals surface area contributed by atoms with Gasteiger partial charge in [-0.1, -0.05) is 0 Å². The number of rotatable bonds is 3. The average molecular weight is 223 g/mol. The Kier molecular flexibility index (Phi) is 2.68. The van der Waals surface area contributed by atoms with Crippen molar-refractivity contribution in [1.29, 1.82) is 0 Å². The van der Waals surface area contributed by atoms with Gasteiger partial charge in [0.2, 0.25) is 0 Å². The van der Waals surface area contributed by atoms with Crippen LogP contribution in [0.2, 0.25) is 0 Å². The summed E-state index contributed by atoms with van der Waals surface area (Å²) in [6.45, 7) is 0. The Hall–Kier alpha value is -1.42. The average Bonchev–Trinajstić information content (AvgIpc) is 2.25. The molecule has 0 saturated heterocycles. The molecule has 1 aromatic carbocycles. The summed E-state index contributed by atoms with van der Waals surface area (Å²) in [6, 6.07) is 3.90. The van der Waals surface area contributed by atoms with Crippen LogP contribution < -0.4 is 10.5 Å². The normalized spacial score (nSPS) is 17.7. The molecule has 16 heavy (non-hydrogen) atoms. The molecule has 2 rings (SSSR count). The van der Waals surface area contributed by atoms with Crippen LogP contribution in [0.25, 0.3) is 0 Å². The monoisotopic (exact) mass is 223 g/mol. The van der Waals surface area contributed by atoms with Crippen LogP contribution in [0.15, 0.2) is 18.2 Å². The summed E-state index contributed by atoms with van der Waals surface area (Å²) < 4.78 is 18.1. The molecule has 0 unspecified atom stereocenters. The fraction of sp³-hybridized carbons (Fsp3) is 0.417. The van der Waals surface area contributed by atoms with Gasteiger partial charge < -0.3 is 10.5 Å². The lowest BCUT2D eigenvalue weighted by molar-refractivity contribution is 0.0797. The molecule has 0 bridgehead atoms. The van der Waals surface area contributed by atoms with Crippen molar-refractivity contribution < 1.29 is 13.9 Å². The Labute approximate surface area is 93.4 Å². The van der Waals surface area contributed by atoms with Gasteiger partial charge in [-0.2, -0.15) is 0 Å². The minimum absolute atomic E-state index is 0.227. The largest absolute Gasteiger partial charge is 0.496 e. The first-order chi connectivity index (χ1) is 7.57. The molecule has 86 valence electrons. The predicted octanol–water partition coefficient (Wildman–Crippen LogP) is 1.90. The Balaban J connectivity index is 2.38. The van der Waals surface area contributed by atoms with Crippen LogP contribution >= 0.6 is 0 Å². The van der Waals surface area contributed by atoms with Gasteiger partial charge in [-0.3, -0.25) is 4.79 Å². The highest BCUT2D eigenvalue weighted by Crippen LogP contribution is 2.34. The molecular weight excluding hydrogens is 209 g/mol. The second kappa shape index (κ2) is 3.87. The first-order valence-corrected chi connectivity index (χ1v) is 5.24. The molecule has 1 fully saturated rings. The number of Topliss-reactive ketones (excluding diaryl/α,β-unsaturated/α-hetero) is 1. The van der Waals surface area contributed by atoms with Crippen LogP contribution in [-0.2, 0) is 0 Å². The van der Waals surface area contributed by atoms with Crippen molar-refractivity contribution in [3.8, 4) is 5.75 Å². The summed E-state index contributed by atoms with van der Waals surface area (Å²) in [5, 5.41) is 0. The summed E-state index contributed by atoms with van der Waals surface area (Å²) >= 11 is 0. The summed E-state index contributed by atoms with van der Waals surface area (Å²) in [6.07, 6.45) is 2.26. The molecule has 0 radical (unpaired) electrons. The maximum absolute atomic E-state index is 13.1. The van der Waals surface area contributed by atoms with E-state index in [0.29, 0.717) is 18.6 Å². The van der Waals surface area contributed by atoms with E-state index in [9.17, 15) is 9.18 Å². The number of halogens is 1. The number of hydrogen-bond donors (Lipinski definition) is 1. The molecule has 0 aliphatic heterocycles. The number of nitrogens with two attached hydrogens (primary N) is 1. The molecule has 1 aliphatic carbocycles. The fourth-order valence-electron chi connectivity index (χ4n) is 1.91. The van der Waals surface area contributed by atoms with Crippen molar-refractivity contribution in [2.45, 2.75) is 24.8 Å². The summed E-state index contributed by atoms with van der Waals surface area (Å²) in [7, 11) is 1.45. The van der Waals surface area contributed by atoms with Crippen LogP contribution in [0, 0.1) is 5.82 Å². The first-order valence-electron chi connectivity index (χ1n) is 5.24. The van der Waals surface area contributed by atoms with Gasteiger partial charge in [0, 0.05) is 0 Å². The second-order valence-electron chi connectivity index (χ2n) is 4.18. The third kappa shape index (κ3) is 1.69. The van der Waals surface area contributed by atoms with Gasteiger partial charge in [-0.15, -0.1) is 0 Å². The Morgan fingerprint density at radius 3 is 2.69 bits per heavy atom. The molecule has 0 heterocycles. The van der Waals surface area contributed by atoms with E-state index in [-0.39, 0.29) is 11.3 Å². The van der Waals surface area contributed by atoms with Gasteiger partial charge in [0.25, 0.3) is 0 Å². The van der Waals surface area contributed by atoms with Crippen molar-refractivity contribution >= 4 is 5.78 Å². The summed E-state index contributed by atoms with van der Waals surface area (Å²) in [5.74, 6) is -0.301. The van der Waals surface area contributed by atoms with Gasteiger partial charge in [0.1, 0.15) is 11.6 Å².